The van der Waals surface area contributed by atoms with Crippen molar-refractivity contribution in [2.75, 3.05) is 27.9 Å². The Morgan fingerprint density at radius 2 is 1.85 bits per heavy atom. The van der Waals surface area contributed by atoms with E-state index in [0.717, 1.165) is 5.39 Å². The number of halogens is 1. The number of hydrogen-bond acceptors (Lipinski definition) is 5. The SMILES string of the molecule is COc1cc2cc(C(=O)N3CCC=CC3=O)n(C(C)Br)c2c(OC)c1OC. The number of rotatable bonds is 5. The van der Waals surface area contributed by atoms with Gasteiger partial charge in [-0.25, -0.2) is 0 Å². The van der Waals surface area contributed by atoms with Crippen molar-refractivity contribution in [2.45, 2.75) is 18.3 Å². The third-order valence-corrected chi connectivity index (χ3v) is 4.90. The highest BCUT2D eigenvalue weighted by Crippen LogP contribution is 2.45. The van der Waals surface area contributed by atoms with Gasteiger partial charge in [-0.1, -0.05) is 22.0 Å². The number of aromatic nitrogens is 1. The zero-order valence-electron chi connectivity index (χ0n) is 15.6. The molecule has 144 valence electrons. The Kier molecular flexibility index (Phi) is 5.46. The Bertz CT molecular complexity index is 932. The monoisotopic (exact) mass is 436 g/mol. The molecule has 0 N–H and O–H groups in total. The van der Waals surface area contributed by atoms with Crippen LogP contribution in [0.4, 0.5) is 0 Å². The maximum absolute atomic E-state index is 13.1. The van der Waals surface area contributed by atoms with E-state index in [0.29, 0.717) is 41.4 Å². The highest BCUT2D eigenvalue weighted by molar-refractivity contribution is 9.09. The maximum Gasteiger partial charge on any atom is 0.277 e. The lowest BCUT2D eigenvalue weighted by atomic mass is 10.2. The van der Waals surface area contributed by atoms with E-state index in [1.54, 1.807) is 22.8 Å². The predicted molar refractivity (Wildman–Crippen MR) is 105 cm³/mol. The zero-order valence-corrected chi connectivity index (χ0v) is 17.2. The molecule has 1 aromatic heterocycles. The first-order valence-electron chi connectivity index (χ1n) is 8.44. The molecule has 1 atom stereocenters. The highest BCUT2D eigenvalue weighted by atomic mass is 79.9. The van der Waals surface area contributed by atoms with Gasteiger partial charge in [0.25, 0.3) is 11.8 Å². The van der Waals surface area contributed by atoms with Gasteiger partial charge in [-0.3, -0.25) is 14.5 Å². The summed E-state index contributed by atoms with van der Waals surface area (Å²) >= 11 is 3.55. The molecule has 8 heteroatoms. The summed E-state index contributed by atoms with van der Waals surface area (Å²) in [5.41, 5.74) is 1.06. The normalized spacial score (nSPS) is 15.1. The summed E-state index contributed by atoms with van der Waals surface area (Å²) in [5, 5.41) is 0.749. The van der Waals surface area contributed by atoms with E-state index < -0.39 is 0 Å². The van der Waals surface area contributed by atoms with Crippen LogP contribution in [-0.4, -0.2) is 49.2 Å². The number of carbonyl (C=O) groups excluding carboxylic acids is 2. The van der Waals surface area contributed by atoms with E-state index in [-0.39, 0.29) is 16.8 Å². The van der Waals surface area contributed by atoms with Crippen LogP contribution in [0.15, 0.2) is 24.3 Å². The van der Waals surface area contributed by atoms with Crippen LogP contribution >= 0.6 is 15.9 Å². The summed E-state index contributed by atoms with van der Waals surface area (Å²) in [6, 6.07) is 3.53. The van der Waals surface area contributed by atoms with Crippen LogP contribution in [0.3, 0.4) is 0 Å². The molecular weight excluding hydrogens is 416 g/mol. The number of nitrogens with zero attached hydrogens (tertiary/aromatic N) is 2. The Hall–Kier alpha value is -2.48. The number of fused-ring (bicyclic) bond motifs is 1. The molecule has 1 aliphatic rings. The summed E-state index contributed by atoms with van der Waals surface area (Å²) in [5.74, 6) is 0.731. The fourth-order valence-corrected chi connectivity index (χ4v) is 3.74. The quantitative estimate of drug-likeness (QED) is 0.529. The van der Waals surface area contributed by atoms with Crippen LogP contribution in [-0.2, 0) is 4.79 Å². The molecule has 2 aromatic rings. The smallest absolute Gasteiger partial charge is 0.277 e. The lowest BCUT2D eigenvalue weighted by Crippen LogP contribution is -2.39. The molecule has 1 aromatic carbocycles. The Balaban J connectivity index is 2.28. The molecule has 0 bridgehead atoms. The molecule has 2 amide bonds. The van der Waals surface area contributed by atoms with Crippen molar-refractivity contribution < 1.29 is 23.8 Å². The first-order valence-corrected chi connectivity index (χ1v) is 9.36. The van der Waals surface area contributed by atoms with Crippen molar-refractivity contribution in [1.82, 2.24) is 9.47 Å². The van der Waals surface area contributed by atoms with Gasteiger partial charge in [0.15, 0.2) is 11.5 Å². The minimum absolute atomic E-state index is 0.226. The van der Waals surface area contributed by atoms with Gasteiger partial charge in [0, 0.05) is 11.9 Å². The van der Waals surface area contributed by atoms with Crippen LogP contribution in [0.5, 0.6) is 17.2 Å². The number of methoxy groups -OCH3 is 3. The molecule has 0 fully saturated rings. The van der Waals surface area contributed by atoms with Gasteiger partial charge < -0.3 is 18.8 Å². The number of imide groups is 1. The average molecular weight is 437 g/mol. The van der Waals surface area contributed by atoms with Gasteiger partial charge in [-0.15, -0.1) is 0 Å². The molecule has 0 saturated heterocycles. The summed E-state index contributed by atoms with van der Waals surface area (Å²) < 4.78 is 18.3. The second-order valence-electron chi connectivity index (χ2n) is 6.04. The van der Waals surface area contributed by atoms with E-state index in [2.05, 4.69) is 15.9 Å². The Labute approximate surface area is 165 Å². The Morgan fingerprint density at radius 3 is 2.41 bits per heavy atom. The van der Waals surface area contributed by atoms with Crippen molar-refractivity contribution in [2.24, 2.45) is 0 Å². The molecule has 3 rings (SSSR count). The molecule has 1 unspecified atom stereocenters. The number of ether oxygens (including phenoxy) is 3. The summed E-state index contributed by atoms with van der Waals surface area (Å²) in [7, 11) is 4.60. The summed E-state index contributed by atoms with van der Waals surface area (Å²) in [6.07, 6.45) is 3.85. The van der Waals surface area contributed by atoms with E-state index in [9.17, 15) is 9.59 Å². The number of hydrogen-bond donors (Lipinski definition) is 0. The minimum atomic E-state index is -0.355. The van der Waals surface area contributed by atoms with E-state index in [1.165, 1.54) is 32.3 Å². The zero-order chi connectivity index (χ0) is 19.7. The van der Waals surface area contributed by atoms with E-state index in [1.807, 2.05) is 6.92 Å². The van der Waals surface area contributed by atoms with Crippen LogP contribution in [0.25, 0.3) is 10.9 Å². The van der Waals surface area contributed by atoms with Crippen molar-refractivity contribution in [3.05, 3.63) is 30.0 Å². The molecule has 27 heavy (non-hydrogen) atoms. The molecule has 0 aliphatic carbocycles. The first kappa shape index (κ1) is 19.3. The van der Waals surface area contributed by atoms with Crippen LogP contribution < -0.4 is 14.2 Å². The van der Waals surface area contributed by atoms with Crippen LogP contribution in [0.2, 0.25) is 0 Å². The summed E-state index contributed by atoms with van der Waals surface area (Å²) in [6.45, 7) is 2.25. The van der Waals surface area contributed by atoms with Gasteiger partial charge >= 0.3 is 0 Å². The maximum atomic E-state index is 13.1. The fourth-order valence-electron chi connectivity index (χ4n) is 3.32. The summed E-state index contributed by atoms with van der Waals surface area (Å²) in [4.78, 5) is 26.3. The number of carbonyl (C=O) groups is 2. The first-order chi connectivity index (χ1) is 12.9. The van der Waals surface area contributed by atoms with Gasteiger partial charge in [0.1, 0.15) is 5.69 Å². The number of alkyl halides is 1. The van der Waals surface area contributed by atoms with Gasteiger partial charge in [0.05, 0.1) is 31.8 Å². The molecule has 2 heterocycles. The fraction of sp³-hybridized carbons (Fsp3) is 0.368. The Morgan fingerprint density at radius 1 is 1.15 bits per heavy atom. The molecular formula is C19H21BrN2O5. The average Bonchev–Trinajstić information content (AvgIpc) is 3.05. The van der Waals surface area contributed by atoms with E-state index >= 15 is 0 Å². The van der Waals surface area contributed by atoms with E-state index in [4.69, 9.17) is 14.2 Å². The van der Waals surface area contributed by atoms with Gasteiger partial charge in [-0.2, -0.15) is 0 Å². The van der Waals surface area contributed by atoms with Crippen molar-refractivity contribution in [1.29, 1.82) is 0 Å². The second-order valence-corrected chi connectivity index (χ2v) is 7.37. The van der Waals surface area contributed by atoms with Gasteiger partial charge in [0.2, 0.25) is 5.75 Å². The van der Waals surface area contributed by atoms with Crippen LogP contribution in [0.1, 0.15) is 28.8 Å². The third kappa shape index (κ3) is 3.18. The molecule has 0 radical (unpaired) electrons. The third-order valence-electron chi connectivity index (χ3n) is 4.49. The number of amides is 2. The molecule has 7 nitrogen and oxygen atoms in total. The van der Waals surface area contributed by atoms with Crippen LogP contribution in [0, 0.1) is 0 Å². The minimum Gasteiger partial charge on any atom is -0.493 e. The molecule has 0 spiro atoms. The lowest BCUT2D eigenvalue weighted by molar-refractivity contribution is -0.124. The highest BCUT2D eigenvalue weighted by Gasteiger charge is 2.30. The predicted octanol–water partition coefficient (Wildman–Crippen LogP) is 3.51. The van der Waals surface area contributed by atoms with Crippen molar-refractivity contribution in [3.8, 4) is 17.2 Å². The lowest BCUT2D eigenvalue weighted by Gasteiger charge is -2.23. The second kappa shape index (κ2) is 7.64. The van der Waals surface area contributed by atoms with Gasteiger partial charge in [-0.05, 0) is 31.6 Å². The molecule has 0 saturated carbocycles. The van der Waals surface area contributed by atoms with Crippen molar-refractivity contribution >= 4 is 38.6 Å². The molecule has 1 aliphatic heterocycles. The largest absolute Gasteiger partial charge is 0.493 e. The van der Waals surface area contributed by atoms with Crippen molar-refractivity contribution in [3.63, 3.8) is 0 Å². The number of benzene rings is 1. The topological polar surface area (TPSA) is 70.0 Å². The standard InChI is InChI=1S/C19H21BrN2O5/c1-11(20)22-13(19(24)21-8-6-5-7-15(21)23)9-12-10-14(25-2)17(26-3)18(27-4)16(12)22/h5,7,9-11H,6,8H2,1-4H3.